The number of benzene rings is 3. The minimum atomic E-state index is -1.06. The Bertz CT molecular complexity index is 1200. The van der Waals surface area contributed by atoms with Crippen molar-refractivity contribution in [3.8, 4) is 0 Å². The summed E-state index contributed by atoms with van der Waals surface area (Å²) in [5.41, 5.74) is 0.508. The third-order valence-electron chi connectivity index (χ3n) is 5.03. The highest BCUT2D eigenvalue weighted by Gasteiger charge is 2.22. The lowest BCUT2D eigenvalue weighted by Crippen LogP contribution is -2.41. The Morgan fingerprint density at radius 2 is 1.76 bits per heavy atom. The van der Waals surface area contributed by atoms with Gasteiger partial charge >= 0.3 is 5.97 Å². The molecule has 9 heteroatoms. The van der Waals surface area contributed by atoms with Crippen molar-refractivity contribution < 1.29 is 24.0 Å². The molecule has 0 heterocycles. The van der Waals surface area contributed by atoms with Crippen LogP contribution < -0.4 is 10.2 Å². The van der Waals surface area contributed by atoms with Gasteiger partial charge in [-0.15, -0.1) is 0 Å². The van der Waals surface area contributed by atoms with Gasteiger partial charge in [0.15, 0.2) is 6.61 Å². The van der Waals surface area contributed by atoms with Crippen molar-refractivity contribution in [1.29, 1.82) is 0 Å². The molecule has 0 fully saturated rings. The molecule has 0 saturated heterocycles. The van der Waals surface area contributed by atoms with Crippen LogP contribution in [0.1, 0.15) is 24.2 Å². The number of nitrogens with zero attached hydrogens (tertiary/aromatic N) is 2. The van der Waals surface area contributed by atoms with Crippen molar-refractivity contribution in [2.75, 3.05) is 18.1 Å². The van der Waals surface area contributed by atoms with Crippen molar-refractivity contribution >= 4 is 39.9 Å². The van der Waals surface area contributed by atoms with Gasteiger partial charge in [-0.1, -0.05) is 42.5 Å². The number of hydrogen-bond donors (Lipinski definition) is 1. The Kier molecular flexibility index (Phi) is 7.34. The molecule has 0 bridgehead atoms. The summed E-state index contributed by atoms with van der Waals surface area (Å²) in [4.78, 5) is 49.2. The van der Waals surface area contributed by atoms with Crippen molar-refractivity contribution in [2.24, 2.45) is 0 Å². The highest BCUT2D eigenvalue weighted by molar-refractivity contribution is 6.04. The van der Waals surface area contributed by atoms with Crippen LogP contribution in [-0.4, -0.2) is 41.9 Å². The zero-order valence-corrected chi connectivity index (χ0v) is 18.2. The van der Waals surface area contributed by atoms with Gasteiger partial charge in [0, 0.05) is 29.6 Å². The molecule has 9 nitrogen and oxygen atoms in total. The topological polar surface area (TPSA) is 119 Å². The molecule has 0 aromatic heterocycles. The quantitative estimate of drug-likeness (QED) is 0.320. The maximum Gasteiger partial charge on any atom is 0.328 e. The van der Waals surface area contributed by atoms with Gasteiger partial charge in [0.2, 0.25) is 0 Å². The fourth-order valence-corrected chi connectivity index (χ4v) is 3.36. The Morgan fingerprint density at radius 1 is 1.06 bits per heavy atom. The highest BCUT2D eigenvalue weighted by atomic mass is 16.6. The van der Waals surface area contributed by atoms with Gasteiger partial charge in [0.1, 0.15) is 6.04 Å². The van der Waals surface area contributed by atoms with E-state index in [9.17, 15) is 24.5 Å². The van der Waals surface area contributed by atoms with E-state index in [0.717, 1.165) is 16.8 Å². The Hall–Kier alpha value is -4.27. The Morgan fingerprint density at radius 3 is 2.48 bits per heavy atom. The number of esters is 1. The number of hydrogen-bond acceptors (Lipinski definition) is 6. The second kappa shape index (κ2) is 10.4. The first-order valence-electron chi connectivity index (χ1n) is 10.3. The van der Waals surface area contributed by atoms with E-state index >= 15 is 0 Å². The summed E-state index contributed by atoms with van der Waals surface area (Å²) in [6.07, 6.45) is 0. The lowest BCUT2D eigenvalue weighted by atomic mass is 10.1. The third kappa shape index (κ3) is 5.51. The maximum atomic E-state index is 12.8. The number of anilines is 1. The first kappa shape index (κ1) is 23.4. The van der Waals surface area contributed by atoms with Crippen LogP contribution in [0.3, 0.4) is 0 Å². The predicted octanol–water partition coefficient (Wildman–Crippen LogP) is 3.46. The number of likely N-dealkylation sites (N-methyl/N-ethyl adjacent to an activating group) is 1. The largest absolute Gasteiger partial charge is 0.454 e. The SMILES string of the molecule is CCN(C(=O)COC(=O)[C@H](C)NC(=O)c1cccc([N+](=O)[O-])c1)c1cccc2ccccc12. The molecule has 170 valence electrons. The number of non-ortho nitro benzene ring substituents is 1. The van der Waals surface area contributed by atoms with Gasteiger partial charge in [-0.25, -0.2) is 4.79 Å². The van der Waals surface area contributed by atoms with Crippen LogP contribution in [-0.2, 0) is 14.3 Å². The zero-order valence-electron chi connectivity index (χ0n) is 18.2. The van der Waals surface area contributed by atoms with Crippen LogP contribution in [0.5, 0.6) is 0 Å². The Labute approximate surface area is 190 Å². The van der Waals surface area contributed by atoms with Crippen LogP contribution in [0.2, 0.25) is 0 Å². The molecule has 0 saturated carbocycles. The molecule has 3 aromatic carbocycles. The summed E-state index contributed by atoms with van der Waals surface area (Å²) in [7, 11) is 0. The number of carbonyl (C=O) groups excluding carboxylic acids is 3. The zero-order chi connectivity index (χ0) is 24.0. The van der Waals surface area contributed by atoms with Crippen LogP contribution in [0, 0.1) is 10.1 Å². The number of nitrogens with one attached hydrogen (secondary N) is 1. The molecule has 3 aromatic rings. The fourth-order valence-electron chi connectivity index (χ4n) is 3.36. The van der Waals surface area contributed by atoms with Crippen molar-refractivity contribution in [3.05, 3.63) is 82.4 Å². The number of nitro benzene ring substituents is 1. The van der Waals surface area contributed by atoms with E-state index in [1.165, 1.54) is 30.0 Å². The molecule has 1 atom stereocenters. The minimum Gasteiger partial charge on any atom is -0.454 e. The number of ether oxygens (including phenoxy) is 1. The van der Waals surface area contributed by atoms with Gasteiger partial charge in [-0.05, 0) is 31.4 Å². The molecular weight excluding hydrogens is 426 g/mol. The number of amides is 2. The second-order valence-electron chi connectivity index (χ2n) is 7.25. The number of nitro groups is 1. The van der Waals surface area contributed by atoms with Crippen LogP contribution in [0.4, 0.5) is 11.4 Å². The summed E-state index contributed by atoms with van der Waals surface area (Å²) < 4.78 is 5.13. The van der Waals surface area contributed by atoms with Gasteiger partial charge in [-0.2, -0.15) is 0 Å². The van der Waals surface area contributed by atoms with Crippen molar-refractivity contribution in [1.82, 2.24) is 5.32 Å². The van der Waals surface area contributed by atoms with Gasteiger partial charge in [-0.3, -0.25) is 19.7 Å². The maximum absolute atomic E-state index is 12.8. The van der Waals surface area contributed by atoms with Crippen LogP contribution in [0.25, 0.3) is 10.8 Å². The normalized spacial score (nSPS) is 11.5. The molecule has 2 amide bonds. The van der Waals surface area contributed by atoms with Gasteiger partial charge in [0.25, 0.3) is 17.5 Å². The van der Waals surface area contributed by atoms with Crippen molar-refractivity contribution in [3.63, 3.8) is 0 Å². The molecule has 0 unspecified atom stereocenters. The minimum absolute atomic E-state index is 0.0352. The predicted molar refractivity (Wildman–Crippen MR) is 123 cm³/mol. The highest BCUT2D eigenvalue weighted by Crippen LogP contribution is 2.26. The Balaban J connectivity index is 1.62. The van der Waals surface area contributed by atoms with E-state index in [0.29, 0.717) is 12.2 Å². The molecule has 33 heavy (non-hydrogen) atoms. The molecule has 0 radical (unpaired) electrons. The molecule has 0 spiro atoms. The van der Waals surface area contributed by atoms with Gasteiger partial charge < -0.3 is 15.0 Å². The second-order valence-corrected chi connectivity index (χ2v) is 7.25. The smallest absolute Gasteiger partial charge is 0.328 e. The monoisotopic (exact) mass is 449 g/mol. The molecular formula is C24H23N3O6. The van der Waals surface area contributed by atoms with E-state index in [1.54, 1.807) is 0 Å². The third-order valence-corrected chi connectivity index (χ3v) is 5.03. The summed E-state index contributed by atoms with van der Waals surface area (Å²) >= 11 is 0. The summed E-state index contributed by atoms with van der Waals surface area (Å²) in [5.74, 6) is -1.86. The molecule has 3 rings (SSSR count). The molecule has 0 aliphatic carbocycles. The van der Waals surface area contributed by atoms with E-state index in [1.807, 2.05) is 49.4 Å². The summed E-state index contributed by atoms with van der Waals surface area (Å²) in [6.45, 7) is 3.12. The standard InChI is InChI=1S/C24H23N3O6/c1-3-26(21-13-7-9-17-8-4-5-12-20(17)21)22(28)15-33-24(30)16(2)25-23(29)18-10-6-11-19(14-18)27(31)32/h4-14,16H,3,15H2,1-2H3,(H,25,29)/t16-/m0/s1. The lowest BCUT2D eigenvalue weighted by molar-refractivity contribution is -0.384. The average Bonchev–Trinajstić information content (AvgIpc) is 2.83. The number of fused-ring (bicyclic) bond motifs is 1. The lowest BCUT2D eigenvalue weighted by Gasteiger charge is -2.23. The first-order valence-corrected chi connectivity index (χ1v) is 10.3. The summed E-state index contributed by atoms with van der Waals surface area (Å²) in [6, 6.07) is 17.4. The van der Waals surface area contributed by atoms with Crippen LogP contribution >= 0.6 is 0 Å². The van der Waals surface area contributed by atoms with Crippen molar-refractivity contribution in [2.45, 2.75) is 19.9 Å². The van der Waals surface area contributed by atoms with E-state index in [-0.39, 0.29) is 11.3 Å². The fraction of sp³-hybridized carbons (Fsp3) is 0.208. The van der Waals surface area contributed by atoms with E-state index in [2.05, 4.69) is 5.32 Å². The number of rotatable bonds is 8. The molecule has 1 N–H and O–H groups in total. The van der Waals surface area contributed by atoms with E-state index in [4.69, 9.17) is 4.74 Å². The number of carbonyl (C=O) groups is 3. The average molecular weight is 449 g/mol. The van der Waals surface area contributed by atoms with Crippen LogP contribution in [0.15, 0.2) is 66.7 Å². The first-order chi connectivity index (χ1) is 15.8. The van der Waals surface area contributed by atoms with E-state index < -0.39 is 35.4 Å². The summed E-state index contributed by atoms with van der Waals surface area (Å²) in [5, 5.41) is 15.2. The van der Waals surface area contributed by atoms with Gasteiger partial charge in [0.05, 0.1) is 10.6 Å². The molecule has 0 aliphatic rings. The molecule has 0 aliphatic heterocycles.